The third-order valence-corrected chi connectivity index (χ3v) is 3.42. The molecule has 0 radical (unpaired) electrons. The fourth-order valence-electron chi connectivity index (χ4n) is 2.13. The predicted octanol–water partition coefficient (Wildman–Crippen LogP) is 3.12. The minimum atomic E-state index is 0.251. The summed E-state index contributed by atoms with van der Waals surface area (Å²) in [4.78, 5) is 11.4. The van der Waals surface area contributed by atoms with Gasteiger partial charge in [-0.05, 0) is 19.8 Å². The van der Waals surface area contributed by atoms with Gasteiger partial charge in [-0.3, -0.25) is 0 Å². The molecule has 17 heavy (non-hydrogen) atoms. The molecule has 1 atom stereocenters. The Morgan fingerprint density at radius 2 is 2.18 bits per heavy atom. The molecule has 0 saturated carbocycles. The van der Waals surface area contributed by atoms with Crippen LogP contribution in [0.4, 0.5) is 5.82 Å². The lowest BCUT2D eigenvalue weighted by atomic mass is 10.1. The molecule has 2 rings (SSSR count). The van der Waals surface area contributed by atoms with E-state index in [0.29, 0.717) is 5.92 Å². The first-order valence-electron chi connectivity index (χ1n) is 6.31. The van der Waals surface area contributed by atoms with E-state index in [1.165, 1.54) is 0 Å². The van der Waals surface area contributed by atoms with Gasteiger partial charge in [0.2, 0.25) is 0 Å². The van der Waals surface area contributed by atoms with Crippen molar-refractivity contribution in [1.29, 1.82) is 0 Å². The fraction of sp³-hybridized carbons (Fsp3) is 0.692. The van der Waals surface area contributed by atoms with Gasteiger partial charge >= 0.3 is 0 Å². The van der Waals surface area contributed by atoms with Crippen LogP contribution in [0.2, 0.25) is 0 Å². The van der Waals surface area contributed by atoms with E-state index >= 15 is 0 Å². The van der Waals surface area contributed by atoms with Crippen molar-refractivity contribution in [3.05, 3.63) is 17.6 Å². The summed E-state index contributed by atoms with van der Waals surface area (Å²) in [6.07, 6.45) is 2.26. The van der Waals surface area contributed by atoms with Crippen LogP contribution in [0.1, 0.15) is 44.1 Å². The number of anilines is 1. The molecule has 0 spiro atoms. The summed E-state index contributed by atoms with van der Waals surface area (Å²) < 4.78 is 0. The molecule has 1 aromatic heterocycles. The highest BCUT2D eigenvalue weighted by molar-refractivity contribution is 6.21. The zero-order chi connectivity index (χ0) is 12.4. The highest BCUT2D eigenvalue weighted by Gasteiger charge is 2.20. The second-order valence-corrected chi connectivity index (χ2v) is 5.68. The summed E-state index contributed by atoms with van der Waals surface area (Å²) in [6, 6.07) is 2.06. The smallest absolute Gasteiger partial charge is 0.133 e. The maximum Gasteiger partial charge on any atom is 0.133 e. The number of nitrogens with zero attached hydrogens (tertiary/aromatic N) is 3. The van der Waals surface area contributed by atoms with Crippen molar-refractivity contribution >= 4 is 17.4 Å². The molecule has 0 aromatic carbocycles. The Bertz CT molecular complexity index is 392. The number of alkyl halides is 1. The number of hydrogen-bond donors (Lipinski definition) is 0. The molecule has 0 bridgehead atoms. The van der Waals surface area contributed by atoms with E-state index in [9.17, 15) is 0 Å². The second kappa shape index (κ2) is 5.21. The molecule has 4 heteroatoms. The van der Waals surface area contributed by atoms with E-state index in [0.717, 1.165) is 43.3 Å². The molecule has 2 heterocycles. The number of aryl methyl sites for hydroxylation is 1. The molecule has 0 amide bonds. The Hall–Kier alpha value is -0.830. The second-order valence-electron chi connectivity index (χ2n) is 5.07. The molecule has 1 aliphatic rings. The standard InChI is InChI=1S/C13H20ClN3/c1-9(2)13-15-10(3)7-12(16-13)17-6-4-5-11(14)8-17/h7,9,11H,4-6,8H2,1-3H3. The third kappa shape index (κ3) is 3.09. The van der Waals surface area contributed by atoms with E-state index in [1.807, 2.05) is 6.92 Å². The maximum atomic E-state index is 6.22. The highest BCUT2D eigenvalue weighted by Crippen LogP contribution is 2.22. The van der Waals surface area contributed by atoms with Crippen LogP contribution < -0.4 is 4.90 Å². The molecule has 1 aliphatic heterocycles. The Morgan fingerprint density at radius 1 is 1.41 bits per heavy atom. The summed E-state index contributed by atoms with van der Waals surface area (Å²) in [7, 11) is 0. The van der Waals surface area contributed by atoms with Crippen LogP contribution in [0.5, 0.6) is 0 Å². The molecule has 1 unspecified atom stereocenters. The van der Waals surface area contributed by atoms with Crippen molar-refractivity contribution in [2.45, 2.75) is 44.9 Å². The zero-order valence-corrected chi connectivity index (χ0v) is 11.5. The van der Waals surface area contributed by atoms with Crippen molar-refractivity contribution in [2.24, 2.45) is 0 Å². The number of aromatic nitrogens is 2. The Labute approximate surface area is 108 Å². The van der Waals surface area contributed by atoms with Gasteiger partial charge in [-0.1, -0.05) is 13.8 Å². The lowest BCUT2D eigenvalue weighted by Crippen LogP contribution is -2.36. The monoisotopic (exact) mass is 253 g/mol. The molecule has 94 valence electrons. The average Bonchev–Trinajstić information content (AvgIpc) is 2.28. The SMILES string of the molecule is Cc1cc(N2CCCC(Cl)C2)nc(C(C)C)n1. The van der Waals surface area contributed by atoms with Gasteiger partial charge in [0.25, 0.3) is 0 Å². The topological polar surface area (TPSA) is 29.0 Å². The van der Waals surface area contributed by atoms with Crippen LogP contribution in [0.25, 0.3) is 0 Å². The van der Waals surface area contributed by atoms with Gasteiger partial charge < -0.3 is 4.90 Å². The summed E-state index contributed by atoms with van der Waals surface area (Å²) in [5, 5.41) is 0.251. The van der Waals surface area contributed by atoms with E-state index in [4.69, 9.17) is 11.6 Å². The van der Waals surface area contributed by atoms with Crippen LogP contribution in [-0.4, -0.2) is 28.4 Å². The lowest BCUT2D eigenvalue weighted by Gasteiger charge is -2.31. The highest BCUT2D eigenvalue weighted by atomic mass is 35.5. The van der Waals surface area contributed by atoms with Crippen molar-refractivity contribution in [3.63, 3.8) is 0 Å². The van der Waals surface area contributed by atoms with E-state index in [2.05, 4.69) is 34.8 Å². The molecule has 0 N–H and O–H groups in total. The van der Waals surface area contributed by atoms with Crippen molar-refractivity contribution < 1.29 is 0 Å². The van der Waals surface area contributed by atoms with E-state index < -0.39 is 0 Å². The first-order chi connectivity index (χ1) is 8.06. The molecular weight excluding hydrogens is 234 g/mol. The lowest BCUT2D eigenvalue weighted by molar-refractivity contribution is 0.577. The fourth-order valence-corrected chi connectivity index (χ4v) is 2.45. The number of piperidine rings is 1. The first-order valence-corrected chi connectivity index (χ1v) is 6.74. The van der Waals surface area contributed by atoms with Gasteiger partial charge in [0, 0.05) is 30.8 Å². The molecule has 1 aromatic rings. The summed E-state index contributed by atoms with van der Waals surface area (Å²) in [5.74, 6) is 2.33. The Balaban J connectivity index is 2.25. The van der Waals surface area contributed by atoms with Crippen molar-refractivity contribution in [1.82, 2.24) is 9.97 Å². The van der Waals surface area contributed by atoms with Crippen LogP contribution >= 0.6 is 11.6 Å². The van der Waals surface area contributed by atoms with Crippen LogP contribution in [-0.2, 0) is 0 Å². The summed E-state index contributed by atoms with van der Waals surface area (Å²) >= 11 is 6.22. The van der Waals surface area contributed by atoms with Gasteiger partial charge in [0.15, 0.2) is 0 Å². The summed E-state index contributed by atoms with van der Waals surface area (Å²) in [5.41, 5.74) is 1.04. The minimum absolute atomic E-state index is 0.251. The van der Waals surface area contributed by atoms with Crippen molar-refractivity contribution in [3.8, 4) is 0 Å². The van der Waals surface area contributed by atoms with E-state index in [-0.39, 0.29) is 5.38 Å². The first kappa shape index (κ1) is 12.6. The van der Waals surface area contributed by atoms with Crippen LogP contribution in [0, 0.1) is 6.92 Å². The largest absolute Gasteiger partial charge is 0.355 e. The third-order valence-electron chi connectivity index (χ3n) is 3.06. The zero-order valence-electron chi connectivity index (χ0n) is 10.8. The van der Waals surface area contributed by atoms with Gasteiger partial charge in [-0.2, -0.15) is 0 Å². The maximum absolute atomic E-state index is 6.22. The van der Waals surface area contributed by atoms with Gasteiger partial charge in [-0.25, -0.2) is 9.97 Å². The van der Waals surface area contributed by atoms with Crippen LogP contribution in [0.3, 0.4) is 0 Å². The molecule has 3 nitrogen and oxygen atoms in total. The summed E-state index contributed by atoms with van der Waals surface area (Å²) in [6.45, 7) is 8.23. The van der Waals surface area contributed by atoms with E-state index in [1.54, 1.807) is 0 Å². The molecule has 0 aliphatic carbocycles. The predicted molar refractivity (Wildman–Crippen MR) is 71.9 cm³/mol. The number of rotatable bonds is 2. The van der Waals surface area contributed by atoms with Gasteiger partial charge in [0.1, 0.15) is 11.6 Å². The Kier molecular flexibility index (Phi) is 3.87. The molecule has 1 saturated heterocycles. The molecular formula is C13H20ClN3. The van der Waals surface area contributed by atoms with Crippen LogP contribution in [0.15, 0.2) is 6.07 Å². The molecule has 1 fully saturated rings. The van der Waals surface area contributed by atoms with Crippen molar-refractivity contribution in [2.75, 3.05) is 18.0 Å². The van der Waals surface area contributed by atoms with Gasteiger partial charge in [0.05, 0.1) is 5.38 Å². The normalized spacial score (nSPS) is 21.0. The quantitative estimate of drug-likeness (QED) is 0.759. The average molecular weight is 254 g/mol. The van der Waals surface area contributed by atoms with Gasteiger partial charge in [-0.15, -0.1) is 11.6 Å². The Morgan fingerprint density at radius 3 is 2.82 bits per heavy atom. The number of halogens is 1. The minimum Gasteiger partial charge on any atom is -0.355 e. The number of hydrogen-bond acceptors (Lipinski definition) is 3.